The van der Waals surface area contributed by atoms with Crippen molar-refractivity contribution in [1.29, 1.82) is 10.8 Å². The van der Waals surface area contributed by atoms with Crippen molar-refractivity contribution in [3.8, 4) is 0 Å². The first-order chi connectivity index (χ1) is 9.20. The highest BCUT2D eigenvalue weighted by atomic mass is 15.7. The smallest absolute Gasteiger partial charge is 0.236 e. The molecule has 0 fully saturated rings. The minimum atomic E-state index is -0.128. The maximum Gasteiger partial charge on any atom is 0.236 e. The lowest BCUT2D eigenvalue weighted by Gasteiger charge is -2.24. The molecular weight excluding hydrogens is 262 g/mol. The molecule has 0 aromatic carbocycles. The molecule has 0 saturated heterocycles. The summed E-state index contributed by atoms with van der Waals surface area (Å²) in [5, 5.41) is 16.6. The van der Waals surface area contributed by atoms with E-state index in [0.717, 1.165) is 0 Å². The van der Waals surface area contributed by atoms with Crippen LogP contribution in [0.25, 0.3) is 0 Å². The number of hydrogen-bond acceptors (Lipinski definition) is 4. The highest BCUT2D eigenvalue weighted by molar-refractivity contribution is 5.96. The Morgan fingerprint density at radius 2 is 1.60 bits per heavy atom. The van der Waals surface area contributed by atoms with E-state index >= 15 is 0 Å². The number of rotatable bonds is 2. The van der Waals surface area contributed by atoms with Crippen molar-refractivity contribution in [2.24, 2.45) is 21.5 Å². The van der Waals surface area contributed by atoms with E-state index in [1.807, 2.05) is 0 Å². The molecule has 0 heterocycles. The average molecular weight is 285 g/mol. The van der Waals surface area contributed by atoms with Crippen LogP contribution in [0.1, 0.15) is 0 Å². The van der Waals surface area contributed by atoms with E-state index in [0.29, 0.717) is 0 Å². The predicted molar refractivity (Wildman–Crippen MR) is 80.1 cm³/mol. The van der Waals surface area contributed by atoms with Crippen molar-refractivity contribution in [1.82, 2.24) is 25.8 Å². The topological polar surface area (TPSA) is 158 Å². The van der Waals surface area contributed by atoms with E-state index in [2.05, 4.69) is 20.9 Å². The lowest BCUT2D eigenvalue weighted by Crippen LogP contribution is -2.55. The van der Waals surface area contributed by atoms with Gasteiger partial charge in [0.05, 0.1) is 0 Å². The third kappa shape index (κ3) is 5.39. The van der Waals surface area contributed by atoms with E-state index < -0.39 is 0 Å². The zero-order valence-electron chi connectivity index (χ0n) is 12.4. The minimum absolute atomic E-state index is 0.0442. The Balaban J connectivity index is 4.43. The van der Waals surface area contributed by atoms with Crippen LogP contribution in [0.2, 0.25) is 0 Å². The van der Waals surface area contributed by atoms with Crippen molar-refractivity contribution in [2.45, 2.75) is 0 Å². The Morgan fingerprint density at radius 1 is 1.05 bits per heavy atom. The van der Waals surface area contributed by atoms with Crippen molar-refractivity contribution in [2.75, 3.05) is 35.2 Å². The largest absolute Gasteiger partial charge is 0.369 e. The second-order valence-corrected chi connectivity index (χ2v) is 3.97. The highest BCUT2D eigenvalue weighted by Crippen LogP contribution is 1.85. The highest BCUT2D eigenvalue weighted by Gasteiger charge is 2.09. The van der Waals surface area contributed by atoms with Gasteiger partial charge in [0.2, 0.25) is 11.9 Å². The Hall–Kier alpha value is -2.56. The number of nitrogens with zero attached hydrogens (tertiary/aromatic N) is 5. The van der Waals surface area contributed by atoms with Gasteiger partial charge in [0.25, 0.3) is 0 Å². The molecule has 0 amide bonds. The second-order valence-electron chi connectivity index (χ2n) is 3.97. The molecular formula is C9H23N11. The molecule has 114 valence electrons. The molecule has 0 aliphatic heterocycles. The van der Waals surface area contributed by atoms with Crippen LogP contribution in [0.4, 0.5) is 0 Å². The maximum atomic E-state index is 7.70. The summed E-state index contributed by atoms with van der Waals surface area (Å²) in [5.74, 6) is 0.198. The molecule has 0 atom stereocenters. The normalized spacial score (nSPS) is 11.8. The van der Waals surface area contributed by atoms with Gasteiger partial charge in [-0.15, -0.1) is 5.53 Å². The lowest BCUT2D eigenvalue weighted by atomic mass is 10.7. The number of hydrazine groups is 2. The van der Waals surface area contributed by atoms with Gasteiger partial charge in [-0.2, -0.15) is 4.99 Å². The van der Waals surface area contributed by atoms with Crippen molar-refractivity contribution in [3.63, 3.8) is 0 Å². The summed E-state index contributed by atoms with van der Waals surface area (Å²) in [7, 11) is 8.08. The first kappa shape index (κ1) is 17.4. The van der Waals surface area contributed by atoms with Crippen molar-refractivity contribution < 1.29 is 0 Å². The molecule has 0 unspecified atom stereocenters. The van der Waals surface area contributed by atoms with Gasteiger partial charge in [0.1, 0.15) is 0 Å². The maximum absolute atomic E-state index is 7.70. The lowest BCUT2D eigenvalue weighted by molar-refractivity contribution is 0.327. The van der Waals surface area contributed by atoms with Crippen LogP contribution in [0, 0.1) is 10.8 Å². The van der Waals surface area contributed by atoms with E-state index in [4.69, 9.17) is 22.3 Å². The molecule has 0 aliphatic carbocycles. The van der Waals surface area contributed by atoms with Crippen LogP contribution < -0.4 is 22.4 Å². The number of hydrogen-bond donors (Lipinski definition) is 6. The van der Waals surface area contributed by atoms with Gasteiger partial charge in [0.15, 0.2) is 11.9 Å². The summed E-state index contributed by atoms with van der Waals surface area (Å²) in [6.45, 7) is 0. The van der Waals surface area contributed by atoms with Crippen LogP contribution in [0.15, 0.2) is 9.98 Å². The molecule has 0 spiro atoms. The number of aliphatic imine (C=N–C) groups is 2. The molecule has 0 radical (unpaired) electrons. The van der Waals surface area contributed by atoms with Crippen LogP contribution in [-0.4, -0.2) is 73.9 Å². The standard InChI is InChI=1S/C9H23N11/c1-14-6(10)19(4)9(13)16-17-20(5)8(12)15-7(11)18(2)3/h17H,1-5H3,(H2,10,14)(H2,13,16)(H3,11,12,15). The third-order valence-electron chi connectivity index (χ3n) is 2.25. The van der Waals surface area contributed by atoms with Crippen molar-refractivity contribution in [3.05, 3.63) is 0 Å². The average Bonchev–Trinajstić information content (AvgIpc) is 2.41. The number of guanidine groups is 4. The zero-order chi connectivity index (χ0) is 15.9. The molecule has 20 heavy (non-hydrogen) atoms. The van der Waals surface area contributed by atoms with Crippen molar-refractivity contribution >= 4 is 23.8 Å². The van der Waals surface area contributed by atoms with Gasteiger partial charge in [-0.05, 0) is 0 Å². The van der Waals surface area contributed by atoms with Gasteiger partial charge >= 0.3 is 0 Å². The first-order valence-electron chi connectivity index (χ1n) is 5.60. The SMILES string of the molecule is C/N=C(\N)N(C)C(=N)NNN(C)C(=N)/N=C(\N)N(C)C. The molecule has 0 rings (SSSR count). The fourth-order valence-corrected chi connectivity index (χ4v) is 0.822. The monoisotopic (exact) mass is 285 g/mol. The molecule has 0 bridgehead atoms. The van der Waals surface area contributed by atoms with Gasteiger partial charge < -0.3 is 16.4 Å². The van der Waals surface area contributed by atoms with Gasteiger partial charge in [0, 0.05) is 35.2 Å². The van der Waals surface area contributed by atoms with Crippen LogP contribution in [0.5, 0.6) is 0 Å². The Morgan fingerprint density at radius 3 is 2.05 bits per heavy atom. The first-order valence-corrected chi connectivity index (χ1v) is 5.60. The van der Waals surface area contributed by atoms with E-state index in [-0.39, 0.29) is 23.8 Å². The summed E-state index contributed by atoms with van der Waals surface area (Å²) in [6, 6.07) is 0. The fourth-order valence-electron chi connectivity index (χ4n) is 0.822. The van der Waals surface area contributed by atoms with E-state index in [1.165, 1.54) is 17.0 Å². The molecule has 11 nitrogen and oxygen atoms in total. The van der Waals surface area contributed by atoms with Crippen LogP contribution >= 0.6 is 0 Å². The van der Waals surface area contributed by atoms with Gasteiger partial charge in [-0.3, -0.25) is 31.1 Å². The summed E-state index contributed by atoms with van der Waals surface area (Å²) in [5.41, 5.74) is 16.3. The molecule has 8 N–H and O–H groups in total. The zero-order valence-corrected chi connectivity index (χ0v) is 12.4. The van der Waals surface area contributed by atoms with E-state index in [9.17, 15) is 0 Å². The summed E-state index contributed by atoms with van der Waals surface area (Å²) in [6.07, 6.45) is 0. The quantitative estimate of drug-likeness (QED) is 0.187. The molecule has 0 aromatic rings. The molecule has 0 saturated carbocycles. The fraction of sp³-hybridized carbons (Fsp3) is 0.556. The summed E-state index contributed by atoms with van der Waals surface area (Å²) >= 11 is 0. The third-order valence-corrected chi connectivity index (χ3v) is 2.25. The Labute approximate surface area is 118 Å². The Bertz CT molecular complexity index is 410. The van der Waals surface area contributed by atoms with Crippen LogP contribution in [-0.2, 0) is 0 Å². The summed E-state index contributed by atoms with van der Waals surface area (Å²) < 4.78 is 0. The minimum Gasteiger partial charge on any atom is -0.369 e. The number of nitrogens with one attached hydrogen (secondary N) is 4. The number of nitrogens with two attached hydrogens (primary N) is 2. The van der Waals surface area contributed by atoms with Gasteiger partial charge in [-0.1, -0.05) is 0 Å². The van der Waals surface area contributed by atoms with Gasteiger partial charge in [-0.25, -0.2) is 0 Å². The Kier molecular flexibility index (Phi) is 6.79. The molecule has 11 heteroatoms. The molecule has 0 aromatic heterocycles. The predicted octanol–water partition coefficient (Wildman–Crippen LogP) is -2.45. The molecule has 0 aliphatic rings. The van der Waals surface area contributed by atoms with Crippen LogP contribution in [0.3, 0.4) is 0 Å². The second kappa shape index (κ2) is 7.78. The summed E-state index contributed by atoms with van der Waals surface area (Å²) in [4.78, 5) is 10.5. The van der Waals surface area contributed by atoms with E-state index in [1.54, 1.807) is 33.1 Å².